The highest BCUT2D eigenvalue weighted by Crippen LogP contribution is 2.26. The Morgan fingerprint density at radius 1 is 1.25 bits per heavy atom. The molecule has 1 aliphatic heterocycles. The first kappa shape index (κ1) is 15.3. The van der Waals surface area contributed by atoms with Crippen LogP contribution >= 0.6 is 0 Å². The minimum absolute atomic E-state index is 0.0281. The Morgan fingerprint density at radius 2 is 2.05 bits per heavy atom. The van der Waals surface area contributed by atoms with Crippen LogP contribution in [0.25, 0.3) is 0 Å². The van der Waals surface area contributed by atoms with E-state index in [1.54, 1.807) is 12.1 Å². The van der Waals surface area contributed by atoms with E-state index >= 15 is 0 Å². The molecule has 0 saturated carbocycles. The zero-order valence-corrected chi connectivity index (χ0v) is 12.6. The first-order valence-corrected chi connectivity index (χ1v) is 7.58. The average molecular weight is 279 g/mol. The van der Waals surface area contributed by atoms with Gasteiger partial charge in [-0.25, -0.2) is 4.39 Å². The molecule has 0 bridgehead atoms. The van der Waals surface area contributed by atoms with E-state index in [9.17, 15) is 4.39 Å². The quantitative estimate of drug-likeness (QED) is 0.917. The summed E-state index contributed by atoms with van der Waals surface area (Å²) in [5, 5.41) is 0. The molecular weight excluding hydrogens is 253 g/mol. The van der Waals surface area contributed by atoms with E-state index in [0.717, 1.165) is 50.3 Å². The molecule has 1 heterocycles. The summed E-state index contributed by atoms with van der Waals surface area (Å²) in [5.41, 5.74) is 7.85. The second-order valence-electron chi connectivity index (χ2n) is 5.75. The molecule has 1 aliphatic rings. The van der Waals surface area contributed by atoms with E-state index in [1.807, 2.05) is 13.0 Å². The molecule has 0 radical (unpaired) electrons. The number of halogens is 1. The van der Waals surface area contributed by atoms with Gasteiger partial charge in [-0.1, -0.05) is 13.0 Å². The molecule has 1 atom stereocenters. The van der Waals surface area contributed by atoms with E-state index in [1.165, 1.54) is 0 Å². The largest absolute Gasteiger partial charge is 0.370 e. The topological polar surface area (TPSA) is 32.5 Å². The third kappa shape index (κ3) is 3.70. The Balaban J connectivity index is 2.23. The number of benzene rings is 1. The monoisotopic (exact) mass is 279 g/mol. The van der Waals surface area contributed by atoms with Crippen molar-refractivity contribution in [3.63, 3.8) is 0 Å². The third-order valence-corrected chi connectivity index (χ3v) is 4.15. The van der Waals surface area contributed by atoms with Crippen LogP contribution in [0.4, 0.5) is 10.1 Å². The lowest BCUT2D eigenvalue weighted by Gasteiger charge is -2.26. The minimum atomic E-state index is -0.121. The van der Waals surface area contributed by atoms with Gasteiger partial charge in [0.25, 0.3) is 0 Å². The van der Waals surface area contributed by atoms with Crippen molar-refractivity contribution >= 4 is 5.69 Å². The molecule has 3 nitrogen and oxygen atoms in total. The zero-order chi connectivity index (χ0) is 14.5. The highest BCUT2D eigenvalue weighted by atomic mass is 19.1. The van der Waals surface area contributed by atoms with Crippen LogP contribution in [0.1, 0.15) is 25.3 Å². The SMILES string of the molecule is CCC(N)Cc1c(F)cccc1N1CCCN(C)CC1. The van der Waals surface area contributed by atoms with Crippen LogP contribution in [-0.2, 0) is 6.42 Å². The molecule has 4 heteroatoms. The summed E-state index contributed by atoms with van der Waals surface area (Å²) in [6.45, 7) is 6.12. The average Bonchev–Trinajstić information content (AvgIpc) is 2.65. The van der Waals surface area contributed by atoms with E-state index < -0.39 is 0 Å². The van der Waals surface area contributed by atoms with Gasteiger partial charge in [-0.15, -0.1) is 0 Å². The van der Waals surface area contributed by atoms with Crippen molar-refractivity contribution in [2.75, 3.05) is 38.1 Å². The van der Waals surface area contributed by atoms with Gasteiger partial charge in [-0.05, 0) is 45.0 Å². The van der Waals surface area contributed by atoms with Gasteiger partial charge < -0.3 is 15.5 Å². The maximum atomic E-state index is 14.2. The molecule has 2 rings (SSSR count). The number of anilines is 1. The number of nitrogens with two attached hydrogens (primary N) is 1. The summed E-state index contributed by atoms with van der Waals surface area (Å²) in [6.07, 6.45) is 2.60. The summed E-state index contributed by atoms with van der Waals surface area (Å²) in [7, 11) is 2.14. The molecule has 0 spiro atoms. The normalized spacial score (nSPS) is 18.9. The van der Waals surface area contributed by atoms with Crippen LogP contribution in [0.2, 0.25) is 0 Å². The van der Waals surface area contributed by atoms with Crippen LogP contribution < -0.4 is 10.6 Å². The molecule has 0 amide bonds. The Hall–Kier alpha value is -1.13. The lowest BCUT2D eigenvalue weighted by Crippen LogP contribution is -2.31. The van der Waals surface area contributed by atoms with E-state index in [2.05, 4.69) is 16.8 Å². The Bertz CT molecular complexity index is 436. The number of hydrogen-bond acceptors (Lipinski definition) is 3. The van der Waals surface area contributed by atoms with Crippen molar-refractivity contribution in [2.24, 2.45) is 5.73 Å². The first-order chi connectivity index (χ1) is 9.61. The number of nitrogens with zero attached hydrogens (tertiary/aromatic N) is 2. The van der Waals surface area contributed by atoms with Crippen LogP contribution in [0.15, 0.2) is 18.2 Å². The van der Waals surface area contributed by atoms with Gasteiger partial charge in [0.1, 0.15) is 5.82 Å². The standard InChI is InChI=1S/C16H26FN3/c1-3-13(18)12-14-15(17)6-4-7-16(14)20-9-5-8-19(2)10-11-20/h4,6-7,13H,3,5,8-12,18H2,1-2H3. The van der Waals surface area contributed by atoms with Gasteiger partial charge in [0.05, 0.1) is 0 Å². The van der Waals surface area contributed by atoms with Crippen molar-refractivity contribution in [2.45, 2.75) is 32.2 Å². The first-order valence-electron chi connectivity index (χ1n) is 7.58. The highest BCUT2D eigenvalue weighted by molar-refractivity contribution is 5.54. The van der Waals surface area contributed by atoms with Gasteiger partial charge in [-0.3, -0.25) is 0 Å². The third-order valence-electron chi connectivity index (χ3n) is 4.15. The van der Waals surface area contributed by atoms with Crippen LogP contribution in [0.3, 0.4) is 0 Å². The fraction of sp³-hybridized carbons (Fsp3) is 0.625. The van der Waals surface area contributed by atoms with Crippen LogP contribution in [0, 0.1) is 5.82 Å². The second-order valence-corrected chi connectivity index (χ2v) is 5.75. The van der Waals surface area contributed by atoms with Crippen molar-refractivity contribution in [3.05, 3.63) is 29.6 Å². The molecule has 112 valence electrons. The predicted octanol–water partition coefficient (Wildman–Crippen LogP) is 2.25. The molecular formula is C16H26FN3. The summed E-state index contributed by atoms with van der Waals surface area (Å²) < 4.78 is 14.2. The molecule has 1 saturated heterocycles. The molecule has 0 aliphatic carbocycles. The van der Waals surface area contributed by atoms with E-state index in [0.29, 0.717) is 6.42 Å². The van der Waals surface area contributed by atoms with E-state index in [-0.39, 0.29) is 11.9 Å². The maximum absolute atomic E-state index is 14.2. The van der Waals surface area contributed by atoms with E-state index in [4.69, 9.17) is 5.73 Å². The molecule has 0 aromatic heterocycles. The van der Waals surface area contributed by atoms with Crippen molar-refractivity contribution in [3.8, 4) is 0 Å². The van der Waals surface area contributed by atoms with Gasteiger partial charge in [0.15, 0.2) is 0 Å². The Labute approximate surface area is 121 Å². The molecule has 20 heavy (non-hydrogen) atoms. The molecule has 2 N–H and O–H groups in total. The molecule has 1 aromatic rings. The van der Waals surface area contributed by atoms with Crippen LogP contribution in [-0.4, -0.2) is 44.2 Å². The summed E-state index contributed by atoms with van der Waals surface area (Å²) in [4.78, 5) is 4.64. The van der Waals surface area contributed by atoms with Crippen molar-refractivity contribution < 1.29 is 4.39 Å². The maximum Gasteiger partial charge on any atom is 0.128 e. The smallest absolute Gasteiger partial charge is 0.128 e. The summed E-state index contributed by atoms with van der Waals surface area (Å²) >= 11 is 0. The fourth-order valence-corrected chi connectivity index (χ4v) is 2.74. The van der Waals surface area contributed by atoms with Gasteiger partial charge in [0.2, 0.25) is 0 Å². The predicted molar refractivity (Wildman–Crippen MR) is 82.7 cm³/mol. The molecule has 1 unspecified atom stereocenters. The minimum Gasteiger partial charge on any atom is -0.370 e. The number of hydrogen-bond donors (Lipinski definition) is 1. The zero-order valence-electron chi connectivity index (χ0n) is 12.6. The lowest BCUT2D eigenvalue weighted by atomic mass is 10.0. The van der Waals surface area contributed by atoms with Gasteiger partial charge in [-0.2, -0.15) is 0 Å². The second kappa shape index (κ2) is 7.04. The van der Waals surface area contributed by atoms with Gasteiger partial charge in [0, 0.05) is 36.9 Å². The fourth-order valence-electron chi connectivity index (χ4n) is 2.74. The number of likely N-dealkylation sites (N-methyl/N-ethyl adjacent to an activating group) is 1. The Morgan fingerprint density at radius 3 is 2.80 bits per heavy atom. The Kier molecular flexibility index (Phi) is 5.38. The highest BCUT2D eigenvalue weighted by Gasteiger charge is 2.18. The molecule has 1 fully saturated rings. The van der Waals surface area contributed by atoms with Gasteiger partial charge >= 0.3 is 0 Å². The summed E-state index contributed by atoms with van der Waals surface area (Å²) in [6, 6.07) is 5.41. The summed E-state index contributed by atoms with van der Waals surface area (Å²) in [5.74, 6) is -0.121. The van der Waals surface area contributed by atoms with Crippen LogP contribution in [0.5, 0.6) is 0 Å². The number of rotatable bonds is 4. The lowest BCUT2D eigenvalue weighted by molar-refractivity contribution is 0.360. The van der Waals surface area contributed by atoms with Crippen molar-refractivity contribution in [1.29, 1.82) is 0 Å². The molecule has 1 aromatic carbocycles. The van der Waals surface area contributed by atoms with Crippen molar-refractivity contribution in [1.82, 2.24) is 4.90 Å².